The maximum Gasteiger partial charge on any atom is 0.148 e. The number of nitrogens with one attached hydrogen (secondary N) is 1. The summed E-state index contributed by atoms with van der Waals surface area (Å²) in [5.41, 5.74) is 1.12. The first kappa shape index (κ1) is 10.3. The molecule has 0 unspecified atom stereocenters. The molecule has 1 aromatic rings. The summed E-state index contributed by atoms with van der Waals surface area (Å²) in [5.74, 6) is 1.57. The standard InChI is InChI=1S/C9H14ClN3/c1-8-6-9(13-12-7-8)11-5-3-2-4-10/h6-7H,2-5H2,1H3,(H,11,13). The molecule has 0 saturated heterocycles. The molecule has 72 valence electrons. The van der Waals surface area contributed by atoms with E-state index in [1.807, 2.05) is 13.0 Å². The van der Waals surface area contributed by atoms with Gasteiger partial charge in [0, 0.05) is 12.4 Å². The minimum absolute atomic E-state index is 0.723. The van der Waals surface area contributed by atoms with E-state index in [0.29, 0.717) is 0 Å². The van der Waals surface area contributed by atoms with Crippen LogP contribution in [-0.2, 0) is 0 Å². The van der Waals surface area contributed by atoms with Crippen LogP contribution in [0.4, 0.5) is 5.82 Å². The summed E-state index contributed by atoms with van der Waals surface area (Å²) in [4.78, 5) is 0. The zero-order chi connectivity index (χ0) is 9.52. The van der Waals surface area contributed by atoms with Crippen LogP contribution in [0.5, 0.6) is 0 Å². The minimum atomic E-state index is 0.723. The Balaban J connectivity index is 2.28. The van der Waals surface area contributed by atoms with E-state index in [9.17, 15) is 0 Å². The van der Waals surface area contributed by atoms with Crippen molar-refractivity contribution in [3.05, 3.63) is 17.8 Å². The van der Waals surface area contributed by atoms with Crippen molar-refractivity contribution in [2.45, 2.75) is 19.8 Å². The molecule has 0 radical (unpaired) electrons. The first-order chi connectivity index (χ1) is 6.33. The Kier molecular flexibility index (Phi) is 4.54. The van der Waals surface area contributed by atoms with E-state index in [0.717, 1.165) is 36.6 Å². The molecule has 1 heterocycles. The molecule has 0 aliphatic carbocycles. The zero-order valence-electron chi connectivity index (χ0n) is 7.76. The number of hydrogen-bond acceptors (Lipinski definition) is 3. The second-order valence-corrected chi connectivity index (χ2v) is 3.32. The molecule has 0 atom stereocenters. The minimum Gasteiger partial charge on any atom is -0.369 e. The average Bonchev–Trinajstić information content (AvgIpc) is 2.13. The third kappa shape index (κ3) is 4.08. The molecule has 0 amide bonds. The molecule has 1 aromatic heterocycles. The predicted octanol–water partition coefficient (Wildman–Crippen LogP) is 2.22. The molecule has 0 saturated carbocycles. The molecular weight excluding hydrogens is 186 g/mol. The van der Waals surface area contributed by atoms with Gasteiger partial charge >= 0.3 is 0 Å². The number of anilines is 1. The fraction of sp³-hybridized carbons (Fsp3) is 0.556. The summed E-state index contributed by atoms with van der Waals surface area (Å²) in [5, 5.41) is 11.0. The van der Waals surface area contributed by atoms with Gasteiger partial charge in [0.05, 0.1) is 6.20 Å². The van der Waals surface area contributed by atoms with E-state index in [4.69, 9.17) is 11.6 Å². The van der Waals surface area contributed by atoms with Gasteiger partial charge < -0.3 is 5.32 Å². The molecular formula is C9H14ClN3. The normalized spacial score (nSPS) is 10.0. The number of alkyl halides is 1. The highest BCUT2D eigenvalue weighted by Gasteiger charge is 1.93. The molecule has 1 rings (SSSR count). The number of unbranched alkanes of at least 4 members (excludes halogenated alkanes) is 1. The van der Waals surface area contributed by atoms with Crippen molar-refractivity contribution < 1.29 is 0 Å². The monoisotopic (exact) mass is 199 g/mol. The topological polar surface area (TPSA) is 37.8 Å². The van der Waals surface area contributed by atoms with E-state index in [1.54, 1.807) is 6.20 Å². The molecule has 0 aliphatic heterocycles. The lowest BCUT2D eigenvalue weighted by Gasteiger charge is -2.03. The quantitative estimate of drug-likeness (QED) is 0.584. The molecule has 4 heteroatoms. The Labute approximate surface area is 83.5 Å². The van der Waals surface area contributed by atoms with Gasteiger partial charge in [-0.2, -0.15) is 5.10 Å². The van der Waals surface area contributed by atoms with Gasteiger partial charge in [-0.1, -0.05) is 0 Å². The first-order valence-corrected chi connectivity index (χ1v) is 4.95. The Morgan fingerprint density at radius 2 is 2.31 bits per heavy atom. The van der Waals surface area contributed by atoms with Crippen molar-refractivity contribution in [1.82, 2.24) is 10.2 Å². The second-order valence-electron chi connectivity index (χ2n) is 2.94. The smallest absolute Gasteiger partial charge is 0.148 e. The molecule has 3 nitrogen and oxygen atoms in total. The van der Waals surface area contributed by atoms with Crippen LogP contribution in [0.2, 0.25) is 0 Å². The van der Waals surface area contributed by atoms with Crippen molar-refractivity contribution >= 4 is 17.4 Å². The Bertz CT molecular complexity index is 252. The molecule has 0 fully saturated rings. The third-order valence-corrected chi connectivity index (χ3v) is 1.93. The fourth-order valence-electron chi connectivity index (χ4n) is 0.986. The van der Waals surface area contributed by atoms with Crippen molar-refractivity contribution in [3.63, 3.8) is 0 Å². The van der Waals surface area contributed by atoms with E-state index in [1.165, 1.54) is 0 Å². The summed E-state index contributed by atoms with van der Waals surface area (Å²) >= 11 is 5.55. The Hall–Kier alpha value is -0.830. The van der Waals surface area contributed by atoms with Crippen LogP contribution >= 0.6 is 11.6 Å². The van der Waals surface area contributed by atoms with Crippen LogP contribution in [-0.4, -0.2) is 22.6 Å². The third-order valence-electron chi connectivity index (χ3n) is 1.66. The molecule has 0 bridgehead atoms. The highest BCUT2D eigenvalue weighted by Crippen LogP contribution is 2.03. The van der Waals surface area contributed by atoms with Gasteiger partial charge in [0.1, 0.15) is 5.82 Å². The molecule has 0 aliphatic rings. The van der Waals surface area contributed by atoms with Crippen molar-refractivity contribution in [3.8, 4) is 0 Å². The summed E-state index contributed by atoms with van der Waals surface area (Å²) in [6.07, 6.45) is 3.84. The van der Waals surface area contributed by atoms with Gasteiger partial charge in [-0.25, -0.2) is 0 Å². The Morgan fingerprint density at radius 3 is 3.00 bits per heavy atom. The number of halogens is 1. The summed E-state index contributed by atoms with van der Waals surface area (Å²) < 4.78 is 0. The molecule has 0 spiro atoms. The van der Waals surface area contributed by atoms with Gasteiger partial charge in [0.25, 0.3) is 0 Å². The van der Waals surface area contributed by atoms with Crippen molar-refractivity contribution in [2.75, 3.05) is 17.7 Å². The van der Waals surface area contributed by atoms with Crippen LogP contribution in [0, 0.1) is 6.92 Å². The van der Waals surface area contributed by atoms with Crippen LogP contribution in [0.3, 0.4) is 0 Å². The number of aryl methyl sites for hydroxylation is 1. The van der Waals surface area contributed by atoms with Crippen molar-refractivity contribution in [2.24, 2.45) is 0 Å². The van der Waals surface area contributed by atoms with Crippen LogP contribution in [0.25, 0.3) is 0 Å². The number of rotatable bonds is 5. The SMILES string of the molecule is Cc1cnnc(NCCCCCl)c1. The van der Waals surface area contributed by atoms with Gasteiger partial charge in [0.15, 0.2) is 0 Å². The summed E-state index contributed by atoms with van der Waals surface area (Å²) in [7, 11) is 0. The lowest BCUT2D eigenvalue weighted by molar-refractivity contribution is 0.831. The highest BCUT2D eigenvalue weighted by molar-refractivity contribution is 6.17. The summed E-state index contributed by atoms with van der Waals surface area (Å²) in [6.45, 7) is 2.91. The number of aromatic nitrogens is 2. The molecule has 1 N–H and O–H groups in total. The van der Waals surface area contributed by atoms with Crippen LogP contribution in [0.1, 0.15) is 18.4 Å². The largest absolute Gasteiger partial charge is 0.369 e. The van der Waals surface area contributed by atoms with E-state index < -0.39 is 0 Å². The van der Waals surface area contributed by atoms with E-state index >= 15 is 0 Å². The van der Waals surface area contributed by atoms with Crippen LogP contribution < -0.4 is 5.32 Å². The van der Waals surface area contributed by atoms with E-state index in [-0.39, 0.29) is 0 Å². The van der Waals surface area contributed by atoms with Crippen molar-refractivity contribution in [1.29, 1.82) is 0 Å². The molecule has 0 aromatic carbocycles. The first-order valence-electron chi connectivity index (χ1n) is 4.42. The fourth-order valence-corrected chi connectivity index (χ4v) is 1.18. The van der Waals surface area contributed by atoms with Crippen LogP contribution in [0.15, 0.2) is 12.3 Å². The predicted molar refractivity (Wildman–Crippen MR) is 55.2 cm³/mol. The average molecular weight is 200 g/mol. The van der Waals surface area contributed by atoms with Gasteiger partial charge in [-0.3, -0.25) is 0 Å². The maximum absolute atomic E-state index is 5.55. The highest BCUT2D eigenvalue weighted by atomic mass is 35.5. The lowest BCUT2D eigenvalue weighted by Crippen LogP contribution is -2.04. The lowest BCUT2D eigenvalue weighted by atomic mass is 10.3. The molecule has 13 heavy (non-hydrogen) atoms. The Morgan fingerprint density at radius 1 is 1.46 bits per heavy atom. The maximum atomic E-state index is 5.55. The van der Waals surface area contributed by atoms with Gasteiger partial charge in [-0.15, -0.1) is 16.7 Å². The number of nitrogens with zero attached hydrogens (tertiary/aromatic N) is 2. The number of hydrogen-bond donors (Lipinski definition) is 1. The second kappa shape index (κ2) is 5.75. The summed E-state index contributed by atoms with van der Waals surface area (Å²) in [6, 6.07) is 1.98. The van der Waals surface area contributed by atoms with Gasteiger partial charge in [0.2, 0.25) is 0 Å². The van der Waals surface area contributed by atoms with Gasteiger partial charge in [-0.05, 0) is 31.4 Å². The zero-order valence-corrected chi connectivity index (χ0v) is 8.51. The van der Waals surface area contributed by atoms with E-state index in [2.05, 4.69) is 15.5 Å².